The summed E-state index contributed by atoms with van der Waals surface area (Å²) in [5, 5.41) is 4.04. The molecule has 0 unspecified atom stereocenters. The highest BCUT2D eigenvalue weighted by atomic mass is 32.2. The fourth-order valence-corrected chi connectivity index (χ4v) is 2.97. The zero-order valence-corrected chi connectivity index (χ0v) is 12.8. The average Bonchev–Trinajstić information content (AvgIpc) is 2.92. The van der Waals surface area contributed by atoms with Crippen molar-refractivity contribution >= 4 is 15.7 Å². The highest BCUT2D eigenvalue weighted by Crippen LogP contribution is 2.16. The molecule has 0 saturated heterocycles. The summed E-state index contributed by atoms with van der Waals surface area (Å²) in [6.07, 6.45) is 4.90. The Labute approximate surface area is 125 Å². The van der Waals surface area contributed by atoms with Gasteiger partial charge in [-0.1, -0.05) is 12.1 Å². The number of hydrogen-bond donors (Lipinski definition) is 2. The molecule has 0 amide bonds. The minimum absolute atomic E-state index is 0.239. The van der Waals surface area contributed by atoms with Gasteiger partial charge in [-0.05, 0) is 44.0 Å². The molecular weight excluding hydrogens is 288 g/mol. The molecule has 1 heterocycles. The zero-order valence-electron chi connectivity index (χ0n) is 12.0. The van der Waals surface area contributed by atoms with Crippen molar-refractivity contribution in [3.05, 3.63) is 42.2 Å². The summed E-state index contributed by atoms with van der Waals surface area (Å²) in [7, 11) is -3.57. The molecule has 3 N–H and O–H groups in total. The van der Waals surface area contributed by atoms with Crippen LogP contribution in [0.5, 0.6) is 0 Å². The van der Waals surface area contributed by atoms with Crippen LogP contribution in [0.3, 0.4) is 0 Å². The molecule has 6 nitrogen and oxygen atoms in total. The maximum absolute atomic E-state index is 12.3. The second-order valence-corrected chi connectivity index (χ2v) is 6.41. The van der Waals surface area contributed by atoms with Crippen LogP contribution in [-0.2, 0) is 23.0 Å². The van der Waals surface area contributed by atoms with Gasteiger partial charge in [-0.15, -0.1) is 0 Å². The van der Waals surface area contributed by atoms with Gasteiger partial charge in [0.2, 0.25) is 0 Å². The van der Waals surface area contributed by atoms with Crippen LogP contribution >= 0.6 is 0 Å². The number of sulfonamides is 1. The molecular formula is C14H20N4O2S. The van der Waals surface area contributed by atoms with E-state index in [9.17, 15) is 8.42 Å². The second-order valence-electron chi connectivity index (χ2n) is 4.73. The monoisotopic (exact) mass is 308 g/mol. The first-order valence-corrected chi connectivity index (χ1v) is 8.37. The minimum atomic E-state index is -3.57. The number of nitrogens with two attached hydrogens (primary N) is 1. The van der Waals surface area contributed by atoms with E-state index < -0.39 is 10.0 Å². The molecule has 0 saturated carbocycles. The number of aryl methyl sites for hydroxylation is 2. The summed E-state index contributed by atoms with van der Waals surface area (Å²) in [6, 6.07) is 6.86. The van der Waals surface area contributed by atoms with Gasteiger partial charge in [-0.25, -0.2) is 8.42 Å². The van der Waals surface area contributed by atoms with Crippen molar-refractivity contribution in [3.63, 3.8) is 0 Å². The summed E-state index contributed by atoms with van der Waals surface area (Å²) in [5.74, 6) is 0. The molecule has 0 radical (unpaired) electrons. The van der Waals surface area contributed by atoms with E-state index in [-0.39, 0.29) is 4.90 Å². The van der Waals surface area contributed by atoms with Crippen LogP contribution in [0.1, 0.15) is 18.9 Å². The predicted molar refractivity (Wildman–Crippen MR) is 82.5 cm³/mol. The number of aromatic nitrogens is 2. The maximum Gasteiger partial charge on any atom is 0.261 e. The first kappa shape index (κ1) is 15.5. The van der Waals surface area contributed by atoms with Crippen molar-refractivity contribution in [2.75, 3.05) is 11.3 Å². The Balaban J connectivity index is 2.11. The van der Waals surface area contributed by atoms with E-state index in [2.05, 4.69) is 9.82 Å². The van der Waals surface area contributed by atoms with Gasteiger partial charge in [0, 0.05) is 12.7 Å². The standard InChI is InChI=1S/C14H20N4O2S/c1-2-18-11-13(10-16-18)17-21(19,20)14-7-5-12(6-8-14)4-3-9-15/h5-8,10-11,17H,2-4,9,15H2,1H3. The van der Waals surface area contributed by atoms with Crippen LogP contribution in [0.4, 0.5) is 5.69 Å². The van der Waals surface area contributed by atoms with E-state index in [4.69, 9.17) is 5.73 Å². The van der Waals surface area contributed by atoms with Gasteiger partial charge in [-0.3, -0.25) is 9.40 Å². The van der Waals surface area contributed by atoms with Crippen molar-refractivity contribution in [2.24, 2.45) is 5.73 Å². The van der Waals surface area contributed by atoms with E-state index in [1.807, 2.05) is 19.1 Å². The van der Waals surface area contributed by atoms with Crippen LogP contribution in [0.25, 0.3) is 0 Å². The van der Waals surface area contributed by atoms with Crippen LogP contribution in [0.15, 0.2) is 41.6 Å². The smallest absolute Gasteiger partial charge is 0.261 e. The quantitative estimate of drug-likeness (QED) is 0.813. The summed E-state index contributed by atoms with van der Waals surface area (Å²) in [6.45, 7) is 3.26. The van der Waals surface area contributed by atoms with Gasteiger partial charge < -0.3 is 5.73 Å². The Morgan fingerprint density at radius 2 is 2.00 bits per heavy atom. The summed E-state index contributed by atoms with van der Waals surface area (Å²) >= 11 is 0. The van der Waals surface area contributed by atoms with Crippen LogP contribution in [0, 0.1) is 0 Å². The zero-order chi connectivity index (χ0) is 15.3. The van der Waals surface area contributed by atoms with Crippen molar-refractivity contribution in [1.82, 2.24) is 9.78 Å². The van der Waals surface area contributed by atoms with Crippen molar-refractivity contribution in [3.8, 4) is 0 Å². The lowest BCUT2D eigenvalue weighted by Crippen LogP contribution is -2.12. The molecule has 0 bridgehead atoms. The summed E-state index contributed by atoms with van der Waals surface area (Å²) in [5.41, 5.74) is 7.00. The molecule has 0 aliphatic heterocycles. The Kier molecular flexibility index (Phi) is 4.98. The average molecular weight is 308 g/mol. The summed E-state index contributed by atoms with van der Waals surface area (Å²) < 4.78 is 28.7. The molecule has 0 aliphatic rings. The third-order valence-corrected chi connectivity index (χ3v) is 4.51. The number of hydrogen-bond acceptors (Lipinski definition) is 4. The number of benzene rings is 1. The molecule has 0 aliphatic carbocycles. The highest BCUT2D eigenvalue weighted by Gasteiger charge is 2.14. The highest BCUT2D eigenvalue weighted by molar-refractivity contribution is 7.92. The van der Waals surface area contributed by atoms with Crippen LogP contribution < -0.4 is 10.5 Å². The third-order valence-electron chi connectivity index (χ3n) is 3.11. The lowest BCUT2D eigenvalue weighted by molar-refractivity contribution is 0.601. The van der Waals surface area contributed by atoms with Gasteiger partial charge in [-0.2, -0.15) is 5.10 Å². The van der Waals surface area contributed by atoms with E-state index >= 15 is 0 Å². The number of rotatable bonds is 7. The third kappa shape index (κ3) is 4.05. The topological polar surface area (TPSA) is 90.0 Å². The second kappa shape index (κ2) is 6.73. The molecule has 1 aromatic heterocycles. The van der Waals surface area contributed by atoms with Gasteiger partial charge >= 0.3 is 0 Å². The normalized spacial score (nSPS) is 11.5. The Bertz CT molecular complexity index is 677. The van der Waals surface area contributed by atoms with Gasteiger partial charge in [0.05, 0.1) is 16.8 Å². The minimum Gasteiger partial charge on any atom is -0.330 e. The van der Waals surface area contributed by atoms with E-state index in [0.717, 1.165) is 18.4 Å². The first-order valence-electron chi connectivity index (χ1n) is 6.89. The largest absolute Gasteiger partial charge is 0.330 e. The first-order chi connectivity index (χ1) is 10.0. The molecule has 0 atom stereocenters. The lowest BCUT2D eigenvalue weighted by Gasteiger charge is -2.07. The van der Waals surface area contributed by atoms with E-state index in [0.29, 0.717) is 18.8 Å². The molecule has 0 spiro atoms. The fraction of sp³-hybridized carbons (Fsp3) is 0.357. The number of anilines is 1. The van der Waals surface area contributed by atoms with Crippen LogP contribution in [0.2, 0.25) is 0 Å². The van der Waals surface area contributed by atoms with Crippen molar-refractivity contribution in [1.29, 1.82) is 0 Å². The molecule has 0 fully saturated rings. The lowest BCUT2D eigenvalue weighted by atomic mass is 10.1. The molecule has 2 aromatic rings. The van der Waals surface area contributed by atoms with Gasteiger partial charge in [0.25, 0.3) is 10.0 Å². The molecule has 2 rings (SSSR count). The van der Waals surface area contributed by atoms with Crippen molar-refractivity contribution < 1.29 is 8.42 Å². The van der Waals surface area contributed by atoms with Gasteiger partial charge in [0.1, 0.15) is 0 Å². The Morgan fingerprint density at radius 1 is 1.29 bits per heavy atom. The number of nitrogens with zero attached hydrogens (tertiary/aromatic N) is 2. The Hall–Kier alpha value is -1.86. The predicted octanol–water partition coefficient (Wildman–Crippen LogP) is 1.60. The maximum atomic E-state index is 12.3. The molecule has 21 heavy (non-hydrogen) atoms. The molecule has 7 heteroatoms. The molecule has 1 aromatic carbocycles. The number of nitrogens with one attached hydrogen (secondary N) is 1. The van der Waals surface area contributed by atoms with Crippen molar-refractivity contribution in [2.45, 2.75) is 31.2 Å². The van der Waals surface area contributed by atoms with Crippen LogP contribution in [-0.4, -0.2) is 24.7 Å². The SMILES string of the molecule is CCn1cc(NS(=O)(=O)c2ccc(CCCN)cc2)cn1. The summed E-state index contributed by atoms with van der Waals surface area (Å²) in [4.78, 5) is 0.239. The van der Waals surface area contributed by atoms with E-state index in [1.165, 1.54) is 6.20 Å². The fourth-order valence-electron chi connectivity index (χ4n) is 1.94. The van der Waals surface area contributed by atoms with Gasteiger partial charge in [0.15, 0.2) is 0 Å². The van der Waals surface area contributed by atoms with E-state index in [1.54, 1.807) is 23.0 Å². The Morgan fingerprint density at radius 3 is 2.57 bits per heavy atom. The molecule has 114 valence electrons.